The molecule has 1 atom stereocenters. The summed E-state index contributed by atoms with van der Waals surface area (Å²) < 4.78 is 0. The van der Waals surface area contributed by atoms with E-state index in [0.717, 1.165) is 18.4 Å². The molecule has 1 N–H and O–H groups in total. The van der Waals surface area contributed by atoms with Gasteiger partial charge in [-0.3, -0.25) is 0 Å². The molecular formula is C22H20O. The molecule has 0 bridgehead atoms. The van der Waals surface area contributed by atoms with Gasteiger partial charge in [-0.05, 0) is 40.7 Å². The summed E-state index contributed by atoms with van der Waals surface area (Å²) in [5.41, 5.74) is 6.19. The number of aliphatic hydroxyl groups excluding tert-OH is 1. The van der Waals surface area contributed by atoms with Crippen molar-refractivity contribution in [3.63, 3.8) is 0 Å². The van der Waals surface area contributed by atoms with Gasteiger partial charge in [0, 0.05) is 5.92 Å². The fourth-order valence-corrected chi connectivity index (χ4v) is 3.75. The van der Waals surface area contributed by atoms with Crippen molar-refractivity contribution in [2.75, 3.05) is 0 Å². The maximum Gasteiger partial charge on any atom is 0.0899 e. The lowest BCUT2D eigenvalue weighted by Gasteiger charge is -2.26. The van der Waals surface area contributed by atoms with Crippen molar-refractivity contribution in [2.24, 2.45) is 0 Å². The summed E-state index contributed by atoms with van der Waals surface area (Å²) in [6.45, 7) is 0. The second kappa shape index (κ2) is 6.02. The Bertz CT molecular complexity index is 759. The molecule has 0 spiro atoms. The Labute approximate surface area is 137 Å². The van der Waals surface area contributed by atoms with Crippen LogP contribution in [0, 0.1) is 0 Å². The molecule has 0 saturated carbocycles. The molecule has 0 amide bonds. The first kappa shape index (κ1) is 14.2. The molecular weight excluding hydrogens is 280 g/mol. The van der Waals surface area contributed by atoms with Crippen molar-refractivity contribution in [2.45, 2.75) is 24.9 Å². The molecule has 0 aliphatic heterocycles. The highest BCUT2D eigenvalue weighted by molar-refractivity contribution is 5.47. The van der Waals surface area contributed by atoms with Gasteiger partial charge in [-0.1, -0.05) is 78.9 Å². The maximum absolute atomic E-state index is 11.2. The van der Waals surface area contributed by atoms with Crippen molar-refractivity contribution in [3.05, 3.63) is 107 Å². The van der Waals surface area contributed by atoms with Gasteiger partial charge < -0.3 is 5.11 Å². The number of hydrogen-bond acceptors (Lipinski definition) is 1. The highest BCUT2D eigenvalue weighted by Gasteiger charge is 2.29. The van der Waals surface area contributed by atoms with Crippen molar-refractivity contribution in [1.29, 1.82) is 0 Å². The van der Waals surface area contributed by atoms with Crippen LogP contribution in [0.1, 0.15) is 39.8 Å². The van der Waals surface area contributed by atoms with Crippen LogP contribution in [0.15, 0.2) is 78.9 Å². The molecule has 0 aromatic heterocycles. The molecule has 3 aromatic rings. The molecule has 1 heteroatoms. The van der Waals surface area contributed by atoms with Crippen LogP contribution in [0.4, 0.5) is 0 Å². The molecule has 0 radical (unpaired) electrons. The van der Waals surface area contributed by atoms with E-state index in [2.05, 4.69) is 48.5 Å². The zero-order valence-corrected chi connectivity index (χ0v) is 13.0. The summed E-state index contributed by atoms with van der Waals surface area (Å²) in [5.74, 6) is -0.00713. The van der Waals surface area contributed by atoms with Crippen LogP contribution < -0.4 is 0 Å². The molecule has 1 unspecified atom stereocenters. The Hall–Kier alpha value is -2.38. The van der Waals surface area contributed by atoms with E-state index < -0.39 is 6.10 Å². The summed E-state index contributed by atoms with van der Waals surface area (Å²) in [5, 5.41) is 11.2. The number of aliphatic hydroxyl groups is 1. The van der Waals surface area contributed by atoms with E-state index in [0.29, 0.717) is 0 Å². The minimum Gasteiger partial charge on any atom is -0.387 e. The average molecular weight is 300 g/mol. The number of rotatable bonds is 2. The molecule has 1 aliphatic rings. The molecule has 114 valence electrons. The lowest BCUT2D eigenvalue weighted by Crippen LogP contribution is -2.14. The lowest BCUT2D eigenvalue weighted by molar-refractivity contribution is 0.159. The van der Waals surface area contributed by atoms with E-state index >= 15 is 0 Å². The monoisotopic (exact) mass is 300 g/mol. The van der Waals surface area contributed by atoms with Gasteiger partial charge in [0.2, 0.25) is 0 Å². The van der Waals surface area contributed by atoms with Crippen LogP contribution in [0.5, 0.6) is 0 Å². The number of hydrogen-bond donors (Lipinski definition) is 1. The first-order valence-corrected chi connectivity index (χ1v) is 8.23. The molecule has 4 rings (SSSR count). The minimum atomic E-state index is -0.531. The van der Waals surface area contributed by atoms with E-state index in [1.807, 2.05) is 30.3 Å². The van der Waals surface area contributed by atoms with Gasteiger partial charge in [0.05, 0.1) is 6.10 Å². The largest absolute Gasteiger partial charge is 0.387 e. The molecule has 23 heavy (non-hydrogen) atoms. The Morgan fingerprint density at radius 1 is 0.652 bits per heavy atom. The van der Waals surface area contributed by atoms with Crippen LogP contribution in [0.2, 0.25) is 0 Å². The SMILES string of the molecule is OC(c1ccccc1)C1c2ccccc2CCc2ccccc21. The van der Waals surface area contributed by atoms with Crippen LogP contribution >= 0.6 is 0 Å². The zero-order valence-electron chi connectivity index (χ0n) is 13.0. The fourth-order valence-electron chi connectivity index (χ4n) is 3.75. The first-order valence-electron chi connectivity index (χ1n) is 8.23. The highest BCUT2D eigenvalue weighted by atomic mass is 16.3. The van der Waals surface area contributed by atoms with E-state index in [4.69, 9.17) is 0 Å². The topological polar surface area (TPSA) is 20.2 Å². The number of aryl methyl sites for hydroxylation is 2. The van der Waals surface area contributed by atoms with Gasteiger partial charge in [0.1, 0.15) is 0 Å². The standard InChI is InChI=1S/C22H20O/c23-22(18-10-2-1-3-11-18)21-19-12-6-4-8-16(19)14-15-17-9-5-7-13-20(17)21/h1-13,21-23H,14-15H2. The van der Waals surface area contributed by atoms with Crippen molar-refractivity contribution < 1.29 is 5.11 Å². The molecule has 0 heterocycles. The summed E-state index contributed by atoms with van der Waals surface area (Å²) in [4.78, 5) is 0. The third kappa shape index (κ3) is 2.58. The second-order valence-corrected chi connectivity index (χ2v) is 6.23. The molecule has 0 saturated heterocycles. The van der Waals surface area contributed by atoms with E-state index in [1.54, 1.807) is 0 Å². The Morgan fingerprint density at radius 2 is 1.13 bits per heavy atom. The van der Waals surface area contributed by atoms with Crippen LogP contribution in [-0.2, 0) is 12.8 Å². The van der Waals surface area contributed by atoms with E-state index in [9.17, 15) is 5.11 Å². The van der Waals surface area contributed by atoms with Crippen molar-refractivity contribution >= 4 is 0 Å². The van der Waals surface area contributed by atoms with Crippen molar-refractivity contribution in [3.8, 4) is 0 Å². The van der Waals surface area contributed by atoms with Gasteiger partial charge >= 0.3 is 0 Å². The van der Waals surface area contributed by atoms with Gasteiger partial charge in [-0.15, -0.1) is 0 Å². The van der Waals surface area contributed by atoms with Crippen LogP contribution in [-0.4, -0.2) is 5.11 Å². The van der Waals surface area contributed by atoms with Crippen LogP contribution in [0.3, 0.4) is 0 Å². The predicted octanol–water partition coefficient (Wildman–Crippen LogP) is 4.65. The third-order valence-electron chi connectivity index (χ3n) is 4.90. The Kier molecular flexibility index (Phi) is 3.72. The summed E-state index contributed by atoms with van der Waals surface area (Å²) >= 11 is 0. The van der Waals surface area contributed by atoms with E-state index in [1.165, 1.54) is 22.3 Å². The molecule has 1 aliphatic carbocycles. The Balaban J connectivity index is 1.90. The summed E-state index contributed by atoms with van der Waals surface area (Å²) in [7, 11) is 0. The normalized spacial score (nSPS) is 15.3. The van der Waals surface area contributed by atoms with Gasteiger partial charge in [-0.2, -0.15) is 0 Å². The third-order valence-corrected chi connectivity index (χ3v) is 4.90. The lowest BCUT2D eigenvalue weighted by atomic mass is 9.81. The van der Waals surface area contributed by atoms with Crippen molar-refractivity contribution in [1.82, 2.24) is 0 Å². The second-order valence-electron chi connectivity index (χ2n) is 6.23. The smallest absolute Gasteiger partial charge is 0.0899 e. The van der Waals surface area contributed by atoms with Gasteiger partial charge in [-0.25, -0.2) is 0 Å². The van der Waals surface area contributed by atoms with E-state index in [-0.39, 0.29) is 5.92 Å². The van der Waals surface area contributed by atoms with Gasteiger partial charge in [0.25, 0.3) is 0 Å². The summed E-state index contributed by atoms with van der Waals surface area (Å²) in [6, 6.07) is 27.1. The van der Waals surface area contributed by atoms with Crippen LogP contribution in [0.25, 0.3) is 0 Å². The highest BCUT2D eigenvalue weighted by Crippen LogP contribution is 2.42. The van der Waals surface area contributed by atoms with Gasteiger partial charge in [0.15, 0.2) is 0 Å². The average Bonchev–Trinajstić information content (AvgIpc) is 2.79. The first-order chi connectivity index (χ1) is 11.3. The zero-order chi connectivity index (χ0) is 15.6. The minimum absolute atomic E-state index is 0.00713. The predicted molar refractivity (Wildman–Crippen MR) is 93.5 cm³/mol. The number of fused-ring (bicyclic) bond motifs is 2. The molecule has 1 nitrogen and oxygen atoms in total. The molecule has 0 fully saturated rings. The summed E-state index contributed by atoms with van der Waals surface area (Å²) in [6.07, 6.45) is 1.53. The molecule has 3 aromatic carbocycles. The maximum atomic E-state index is 11.2. The quantitative estimate of drug-likeness (QED) is 0.730. The Morgan fingerprint density at radius 3 is 1.70 bits per heavy atom. The number of benzene rings is 3. The fraction of sp³-hybridized carbons (Fsp3) is 0.182.